The molecule has 0 aromatic heterocycles. The van der Waals surface area contributed by atoms with Crippen LogP contribution in [0, 0.1) is 0 Å². The Balaban J connectivity index is 3.77. The molecule has 0 aliphatic heterocycles. The fraction of sp³-hybridized carbons (Fsp3) is 0.917. The molecule has 0 spiro atoms. The molecule has 0 amide bonds. The van der Waals surface area contributed by atoms with Crippen LogP contribution in [0.4, 0.5) is 0 Å². The average Bonchev–Trinajstić information content (AvgIpc) is 3.48. The van der Waals surface area contributed by atoms with Gasteiger partial charge in [0.05, 0.1) is 13.2 Å². The van der Waals surface area contributed by atoms with Crippen molar-refractivity contribution in [2.24, 2.45) is 5.73 Å². The minimum Gasteiger partial charge on any atom is -0.462 e. The molecule has 486 valence electrons. The van der Waals surface area contributed by atoms with Gasteiger partial charge in [-0.2, -0.15) is 0 Å². The van der Waals surface area contributed by atoms with Crippen molar-refractivity contribution < 1.29 is 37.6 Å². The van der Waals surface area contributed by atoms with Crippen molar-refractivity contribution in [3.8, 4) is 0 Å². The maximum atomic E-state index is 12.8. The maximum Gasteiger partial charge on any atom is 0.472 e. The summed E-state index contributed by atoms with van der Waals surface area (Å²) >= 11 is 0. The Morgan fingerprint density at radius 2 is 0.634 bits per heavy atom. The van der Waals surface area contributed by atoms with E-state index in [9.17, 15) is 19.0 Å². The first-order chi connectivity index (χ1) is 40.3. The van der Waals surface area contributed by atoms with Gasteiger partial charge in [-0.3, -0.25) is 18.6 Å². The fourth-order valence-electron chi connectivity index (χ4n) is 11.2. The van der Waals surface area contributed by atoms with E-state index in [1.807, 2.05) is 0 Å². The van der Waals surface area contributed by atoms with Gasteiger partial charge in [0.25, 0.3) is 0 Å². The monoisotopic (exact) mass is 1180 g/mol. The number of phosphoric acid groups is 1. The fourth-order valence-corrected chi connectivity index (χ4v) is 12.0. The molecule has 2 unspecified atom stereocenters. The Morgan fingerprint density at radius 1 is 0.366 bits per heavy atom. The summed E-state index contributed by atoms with van der Waals surface area (Å²) in [6.07, 6.45) is 84.4. The van der Waals surface area contributed by atoms with Crippen LogP contribution in [0.1, 0.15) is 393 Å². The predicted octanol–water partition coefficient (Wildman–Crippen LogP) is 23.7. The Kier molecular flexibility index (Phi) is 67.3. The molecule has 0 aliphatic carbocycles. The molecule has 0 fully saturated rings. The number of phosphoric ester groups is 1. The van der Waals surface area contributed by atoms with Crippen LogP contribution in [0.5, 0.6) is 0 Å². The zero-order valence-corrected chi connectivity index (χ0v) is 55.7. The highest BCUT2D eigenvalue weighted by Crippen LogP contribution is 2.43. The van der Waals surface area contributed by atoms with E-state index in [0.717, 1.165) is 38.5 Å². The number of allylic oxidation sites excluding steroid dienone is 4. The van der Waals surface area contributed by atoms with Crippen LogP contribution in [0.15, 0.2) is 24.3 Å². The van der Waals surface area contributed by atoms with Gasteiger partial charge in [-0.25, -0.2) is 4.57 Å². The lowest BCUT2D eigenvalue weighted by Gasteiger charge is -2.19. The van der Waals surface area contributed by atoms with Crippen molar-refractivity contribution in [1.29, 1.82) is 0 Å². The van der Waals surface area contributed by atoms with E-state index in [2.05, 4.69) is 38.2 Å². The molecule has 0 saturated carbocycles. The van der Waals surface area contributed by atoms with Gasteiger partial charge in [0.15, 0.2) is 6.10 Å². The normalized spacial score (nSPS) is 13.0. The second-order valence-electron chi connectivity index (χ2n) is 24.8. The number of ether oxygens (including phenoxy) is 2. The smallest absolute Gasteiger partial charge is 0.462 e. The highest BCUT2D eigenvalue weighted by molar-refractivity contribution is 7.47. The molecule has 0 saturated heterocycles. The molecule has 0 bridgehead atoms. The van der Waals surface area contributed by atoms with E-state index < -0.39 is 26.5 Å². The minimum absolute atomic E-state index is 0.0575. The molecule has 0 aliphatic rings. The molecule has 3 N–H and O–H groups in total. The molecule has 10 heteroatoms. The van der Waals surface area contributed by atoms with Crippen LogP contribution in [0.2, 0.25) is 0 Å². The summed E-state index contributed by atoms with van der Waals surface area (Å²) in [5, 5.41) is 0. The zero-order chi connectivity index (χ0) is 59.4. The summed E-state index contributed by atoms with van der Waals surface area (Å²) in [5.41, 5.74) is 5.40. The van der Waals surface area contributed by atoms with Gasteiger partial charge in [-0.1, -0.05) is 359 Å². The van der Waals surface area contributed by atoms with E-state index in [1.165, 1.54) is 321 Å². The number of carbonyl (C=O) groups is 2. The standard InChI is InChI=1S/C72H140NO8P/c1-3-5-7-9-11-13-15-17-19-21-23-25-27-29-30-31-32-33-34-35-36-37-38-39-40-41-43-45-47-49-51-53-55-57-59-61-63-65-72(75)81-70(69-80-82(76,77)79-67-66-73)68-78-71(74)64-62-60-58-56-54-52-50-48-46-44-42-28-26-24-22-20-18-16-14-12-10-8-6-4-2/h15,17,21,23,70H,3-14,16,18-20,22,24-69,73H2,1-2H3,(H,76,77)/b17-15-,23-21-. The first-order valence-electron chi connectivity index (χ1n) is 36.3. The van der Waals surface area contributed by atoms with Crippen molar-refractivity contribution in [3.05, 3.63) is 24.3 Å². The van der Waals surface area contributed by atoms with Crippen LogP contribution in [0.25, 0.3) is 0 Å². The molecule has 0 aromatic carbocycles. The first kappa shape index (κ1) is 80.5. The molecule has 0 heterocycles. The predicted molar refractivity (Wildman–Crippen MR) is 354 cm³/mol. The summed E-state index contributed by atoms with van der Waals surface area (Å²) in [5.74, 6) is -0.800. The Bertz CT molecular complexity index is 1390. The molecule has 9 nitrogen and oxygen atoms in total. The summed E-state index contributed by atoms with van der Waals surface area (Å²) in [7, 11) is -4.39. The number of hydrogen-bond donors (Lipinski definition) is 2. The van der Waals surface area contributed by atoms with Crippen molar-refractivity contribution in [1.82, 2.24) is 0 Å². The third-order valence-corrected chi connectivity index (χ3v) is 17.6. The maximum absolute atomic E-state index is 12.8. The van der Waals surface area contributed by atoms with Gasteiger partial charge in [-0.05, 0) is 44.9 Å². The lowest BCUT2D eigenvalue weighted by Crippen LogP contribution is -2.29. The van der Waals surface area contributed by atoms with E-state index in [-0.39, 0.29) is 38.6 Å². The lowest BCUT2D eigenvalue weighted by molar-refractivity contribution is -0.161. The van der Waals surface area contributed by atoms with Gasteiger partial charge < -0.3 is 20.1 Å². The van der Waals surface area contributed by atoms with E-state index in [0.29, 0.717) is 6.42 Å². The van der Waals surface area contributed by atoms with Crippen molar-refractivity contribution in [3.63, 3.8) is 0 Å². The third-order valence-electron chi connectivity index (χ3n) is 16.6. The van der Waals surface area contributed by atoms with E-state index >= 15 is 0 Å². The number of hydrogen-bond acceptors (Lipinski definition) is 8. The molecule has 2 atom stereocenters. The molecule has 82 heavy (non-hydrogen) atoms. The van der Waals surface area contributed by atoms with Crippen molar-refractivity contribution in [2.45, 2.75) is 399 Å². The molecule has 0 aromatic rings. The second-order valence-corrected chi connectivity index (χ2v) is 26.3. The number of esters is 2. The number of unbranched alkanes of at least 4 members (excludes halogenated alkanes) is 53. The number of rotatable bonds is 70. The average molecular weight is 1180 g/mol. The zero-order valence-electron chi connectivity index (χ0n) is 54.8. The molecule has 0 radical (unpaired) electrons. The van der Waals surface area contributed by atoms with Crippen LogP contribution in [-0.4, -0.2) is 49.3 Å². The van der Waals surface area contributed by atoms with Crippen LogP contribution >= 0.6 is 7.82 Å². The van der Waals surface area contributed by atoms with Gasteiger partial charge in [-0.15, -0.1) is 0 Å². The van der Waals surface area contributed by atoms with E-state index in [4.69, 9.17) is 24.3 Å². The SMILES string of the molecule is CCCCCCC/C=C\C/C=C\CCCCCCCCCCCCCCCCCCCCCCCCCCCC(=O)OC(COC(=O)CCCCCCCCCCCCCCCCCCCCCCCCCC)COP(=O)(O)OCCN. The Morgan fingerprint density at radius 3 is 0.927 bits per heavy atom. The van der Waals surface area contributed by atoms with Crippen LogP contribution in [-0.2, 0) is 32.7 Å². The highest BCUT2D eigenvalue weighted by atomic mass is 31.2. The quantitative estimate of drug-likeness (QED) is 0.0264. The van der Waals surface area contributed by atoms with Crippen molar-refractivity contribution in [2.75, 3.05) is 26.4 Å². The van der Waals surface area contributed by atoms with E-state index in [1.54, 1.807) is 0 Å². The third kappa shape index (κ3) is 67.6. The summed E-state index contributed by atoms with van der Waals surface area (Å²) < 4.78 is 33.2. The largest absolute Gasteiger partial charge is 0.472 e. The number of carbonyl (C=O) groups excluding carboxylic acids is 2. The van der Waals surface area contributed by atoms with Crippen molar-refractivity contribution >= 4 is 19.8 Å². The van der Waals surface area contributed by atoms with Gasteiger partial charge >= 0.3 is 19.8 Å². The first-order valence-corrected chi connectivity index (χ1v) is 37.8. The molecule has 0 rings (SSSR count). The summed E-state index contributed by atoms with van der Waals surface area (Å²) in [4.78, 5) is 35.4. The minimum atomic E-state index is -4.39. The van der Waals surface area contributed by atoms with Gasteiger partial charge in [0, 0.05) is 19.4 Å². The van der Waals surface area contributed by atoms with Gasteiger partial charge in [0.1, 0.15) is 6.61 Å². The second kappa shape index (κ2) is 68.6. The van der Waals surface area contributed by atoms with Crippen LogP contribution < -0.4 is 5.73 Å². The summed E-state index contributed by atoms with van der Waals surface area (Å²) in [6.45, 7) is 3.82. The molecular weight excluding hydrogens is 1040 g/mol. The highest BCUT2D eigenvalue weighted by Gasteiger charge is 2.26. The van der Waals surface area contributed by atoms with Crippen LogP contribution in [0.3, 0.4) is 0 Å². The Hall–Kier alpha value is -1.51. The van der Waals surface area contributed by atoms with Gasteiger partial charge in [0.2, 0.25) is 0 Å². The molecular formula is C72H140NO8P. The summed E-state index contributed by atoms with van der Waals surface area (Å²) in [6, 6.07) is 0. The Labute approximate surface area is 510 Å². The number of nitrogens with two attached hydrogens (primary N) is 1. The topological polar surface area (TPSA) is 134 Å². The lowest BCUT2D eigenvalue weighted by atomic mass is 10.0.